The number of carbonyl (C=O) groups excluding carboxylic acids is 1. The number of aliphatic imine (C=N–C) groups is 1. The van der Waals surface area contributed by atoms with Gasteiger partial charge in [0.1, 0.15) is 5.84 Å². The molecule has 1 aliphatic rings. The van der Waals surface area contributed by atoms with Crippen LogP contribution in [0.1, 0.15) is 30.6 Å². The standard InChI is InChI=1S/C15H21N3O2/c1-3-11(2)20-15(19)12-6-4-5-7-13(12)18-10-14-16-8-9-17-14/h4-7,11,18H,3,8-10H2,1-2H3,(H,16,17). The van der Waals surface area contributed by atoms with Gasteiger partial charge in [0.15, 0.2) is 0 Å². The van der Waals surface area contributed by atoms with Gasteiger partial charge in [-0.05, 0) is 25.5 Å². The number of benzene rings is 1. The Labute approximate surface area is 119 Å². The van der Waals surface area contributed by atoms with Crippen LogP contribution in [0, 0.1) is 0 Å². The number of nitrogens with one attached hydrogen (secondary N) is 2. The number of ether oxygens (including phenoxy) is 1. The van der Waals surface area contributed by atoms with Gasteiger partial charge >= 0.3 is 5.97 Å². The quantitative estimate of drug-likeness (QED) is 0.780. The van der Waals surface area contributed by atoms with E-state index in [0.29, 0.717) is 12.1 Å². The van der Waals surface area contributed by atoms with Gasteiger partial charge in [-0.25, -0.2) is 4.79 Å². The minimum Gasteiger partial charge on any atom is -0.459 e. The van der Waals surface area contributed by atoms with Crippen molar-refractivity contribution in [3.8, 4) is 0 Å². The van der Waals surface area contributed by atoms with Crippen molar-refractivity contribution in [3.05, 3.63) is 29.8 Å². The van der Waals surface area contributed by atoms with Gasteiger partial charge in [0.2, 0.25) is 0 Å². The molecule has 1 unspecified atom stereocenters. The van der Waals surface area contributed by atoms with Crippen LogP contribution < -0.4 is 10.6 Å². The lowest BCUT2D eigenvalue weighted by Gasteiger charge is -2.14. The first kappa shape index (κ1) is 14.4. The molecule has 1 aromatic carbocycles. The summed E-state index contributed by atoms with van der Waals surface area (Å²) in [7, 11) is 0. The largest absolute Gasteiger partial charge is 0.459 e. The zero-order chi connectivity index (χ0) is 14.4. The molecule has 0 aromatic heterocycles. The zero-order valence-electron chi connectivity index (χ0n) is 12.0. The van der Waals surface area contributed by atoms with Gasteiger partial charge in [0.05, 0.1) is 24.8 Å². The first-order valence-electron chi connectivity index (χ1n) is 7.01. The summed E-state index contributed by atoms with van der Waals surface area (Å²) in [5, 5.41) is 6.42. The van der Waals surface area contributed by atoms with Gasteiger partial charge in [-0.1, -0.05) is 19.1 Å². The van der Waals surface area contributed by atoms with Crippen LogP contribution in [-0.2, 0) is 4.74 Å². The zero-order valence-corrected chi connectivity index (χ0v) is 12.0. The van der Waals surface area contributed by atoms with Crippen molar-refractivity contribution in [2.75, 3.05) is 25.0 Å². The maximum Gasteiger partial charge on any atom is 0.340 e. The predicted octanol–water partition coefficient (Wildman–Crippen LogP) is 2.06. The van der Waals surface area contributed by atoms with Gasteiger partial charge in [-0.15, -0.1) is 0 Å². The van der Waals surface area contributed by atoms with Crippen molar-refractivity contribution in [3.63, 3.8) is 0 Å². The second kappa shape index (κ2) is 6.93. The number of carbonyl (C=O) groups is 1. The third-order valence-corrected chi connectivity index (χ3v) is 3.22. The van der Waals surface area contributed by atoms with E-state index in [1.165, 1.54) is 0 Å². The SMILES string of the molecule is CCC(C)OC(=O)c1ccccc1NCC1=NCCN1. The molecule has 108 valence electrons. The Bertz CT molecular complexity index is 500. The number of nitrogens with zero attached hydrogens (tertiary/aromatic N) is 1. The molecule has 0 bridgehead atoms. The highest BCUT2D eigenvalue weighted by molar-refractivity contribution is 5.97. The number of rotatable bonds is 6. The van der Waals surface area contributed by atoms with Crippen LogP contribution >= 0.6 is 0 Å². The van der Waals surface area contributed by atoms with E-state index in [1.54, 1.807) is 6.07 Å². The molecule has 5 heteroatoms. The Morgan fingerprint density at radius 1 is 1.50 bits per heavy atom. The summed E-state index contributed by atoms with van der Waals surface area (Å²) in [5.41, 5.74) is 1.34. The number of anilines is 1. The van der Waals surface area contributed by atoms with Crippen LogP contribution in [0.4, 0.5) is 5.69 Å². The van der Waals surface area contributed by atoms with Crippen molar-refractivity contribution in [2.24, 2.45) is 4.99 Å². The summed E-state index contributed by atoms with van der Waals surface area (Å²) in [6, 6.07) is 7.38. The molecule has 1 aliphatic heterocycles. The van der Waals surface area contributed by atoms with Crippen LogP contribution in [-0.4, -0.2) is 37.5 Å². The number of hydrogen-bond donors (Lipinski definition) is 2. The summed E-state index contributed by atoms with van der Waals surface area (Å²) in [4.78, 5) is 16.4. The van der Waals surface area contributed by atoms with Crippen LogP contribution in [0.3, 0.4) is 0 Å². The van der Waals surface area contributed by atoms with Gasteiger partial charge in [0.25, 0.3) is 0 Å². The van der Waals surface area contributed by atoms with Crippen molar-refractivity contribution in [1.82, 2.24) is 5.32 Å². The second-order valence-electron chi connectivity index (χ2n) is 4.78. The Kier molecular flexibility index (Phi) is 4.98. The summed E-state index contributed by atoms with van der Waals surface area (Å²) in [5.74, 6) is 0.638. The first-order valence-corrected chi connectivity index (χ1v) is 7.01. The van der Waals surface area contributed by atoms with Gasteiger partial charge in [-0.2, -0.15) is 0 Å². The molecule has 0 saturated heterocycles. The highest BCUT2D eigenvalue weighted by atomic mass is 16.5. The number of esters is 1. The molecule has 1 atom stereocenters. The third-order valence-electron chi connectivity index (χ3n) is 3.22. The fourth-order valence-electron chi connectivity index (χ4n) is 1.89. The van der Waals surface area contributed by atoms with Crippen molar-refractivity contribution < 1.29 is 9.53 Å². The summed E-state index contributed by atoms with van der Waals surface area (Å²) < 4.78 is 5.37. The van der Waals surface area contributed by atoms with Crippen LogP contribution in [0.15, 0.2) is 29.3 Å². The van der Waals surface area contributed by atoms with Gasteiger partial charge in [0, 0.05) is 12.2 Å². The van der Waals surface area contributed by atoms with Crippen molar-refractivity contribution in [1.29, 1.82) is 0 Å². The molecule has 0 radical (unpaired) electrons. The molecule has 2 rings (SSSR count). The Morgan fingerprint density at radius 2 is 2.30 bits per heavy atom. The predicted molar refractivity (Wildman–Crippen MR) is 80.4 cm³/mol. The van der Waals surface area contributed by atoms with E-state index in [1.807, 2.05) is 32.0 Å². The maximum atomic E-state index is 12.1. The number of para-hydroxylation sites is 1. The van der Waals surface area contributed by atoms with E-state index in [4.69, 9.17) is 4.74 Å². The molecule has 1 aromatic rings. The van der Waals surface area contributed by atoms with Gasteiger partial charge in [-0.3, -0.25) is 4.99 Å². The molecule has 0 fully saturated rings. The average molecular weight is 275 g/mol. The Morgan fingerprint density at radius 3 is 3.00 bits per heavy atom. The fraction of sp³-hybridized carbons (Fsp3) is 0.467. The van der Waals surface area contributed by atoms with Crippen LogP contribution in [0.25, 0.3) is 0 Å². The highest BCUT2D eigenvalue weighted by Gasteiger charge is 2.15. The van der Waals surface area contributed by atoms with E-state index in [-0.39, 0.29) is 12.1 Å². The van der Waals surface area contributed by atoms with Crippen molar-refractivity contribution in [2.45, 2.75) is 26.4 Å². The summed E-state index contributed by atoms with van der Waals surface area (Å²) >= 11 is 0. The van der Waals surface area contributed by atoms with Gasteiger partial charge < -0.3 is 15.4 Å². The van der Waals surface area contributed by atoms with E-state index < -0.39 is 0 Å². The highest BCUT2D eigenvalue weighted by Crippen LogP contribution is 2.17. The molecule has 0 saturated carbocycles. The smallest absolute Gasteiger partial charge is 0.340 e. The maximum absolute atomic E-state index is 12.1. The lowest BCUT2D eigenvalue weighted by Crippen LogP contribution is -2.26. The summed E-state index contributed by atoms with van der Waals surface area (Å²) in [6.45, 7) is 6.17. The fourth-order valence-corrected chi connectivity index (χ4v) is 1.89. The van der Waals surface area contributed by atoms with E-state index >= 15 is 0 Å². The minimum atomic E-state index is -0.288. The first-order chi connectivity index (χ1) is 9.70. The second-order valence-corrected chi connectivity index (χ2v) is 4.78. The molecular formula is C15H21N3O2. The molecule has 0 aliphatic carbocycles. The molecule has 20 heavy (non-hydrogen) atoms. The number of amidine groups is 1. The van der Waals surface area contributed by atoms with Crippen LogP contribution in [0.5, 0.6) is 0 Å². The van der Waals surface area contributed by atoms with Crippen molar-refractivity contribution >= 4 is 17.5 Å². The summed E-state index contributed by atoms with van der Waals surface area (Å²) in [6.07, 6.45) is 0.735. The monoisotopic (exact) mass is 275 g/mol. The average Bonchev–Trinajstić information content (AvgIpc) is 2.98. The number of hydrogen-bond acceptors (Lipinski definition) is 5. The molecule has 0 spiro atoms. The molecule has 1 heterocycles. The van der Waals surface area contributed by atoms with Crippen LogP contribution in [0.2, 0.25) is 0 Å². The molecule has 2 N–H and O–H groups in total. The van der Waals surface area contributed by atoms with E-state index in [9.17, 15) is 4.79 Å². The minimum absolute atomic E-state index is 0.0728. The van der Waals surface area contributed by atoms with E-state index in [0.717, 1.165) is 31.0 Å². The normalized spacial score (nSPS) is 15.2. The molecule has 0 amide bonds. The van der Waals surface area contributed by atoms with E-state index in [2.05, 4.69) is 15.6 Å². The lowest BCUT2D eigenvalue weighted by atomic mass is 10.1. The Hall–Kier alpha value is -2.04. The molecule has 5 nitrogen and oxygen atoms in total. The third kappa shape index (κ3) is 3.73. The topological polar surface area (TPSA) is 62.7 Å². The lowest BCUT2D eigenvalue weighted by molar-refractivity contribution is 0.0335. The Balaban J connectivity index is 2.03. The molecular weight excluding hydrogens is 254 g/mol.